The van der Waals surface area contributed by atoms with Crippen molar-refractivity contribution in [3.8, 4) is 0 Å². The molecule has 2 amide bonds. The van der Waals surface area contributed by atoms with Crippen molar-refractivity contribution < 1.29 is 9.59 Å². The molecule has 0 aliphatic carbocycles. The first-order chi connectivity index (χ1) is 9.10. The third-order valence-electron chi connectivity index (χ3n) is 4.43. The molecule has 0 aromatic carbocycles. The summed E-state index contributed by atoms with van der Waals surface area (Å²) < 4.78 is 0. The molecule has 3 aliphatic heterocycles. The number of nitrogens with one attached hydrogen (secondary N) is 2. The molecule has 0 aromatic heterocycles. The molecular formula is C13H22ClN3O2S. The van der Waals surface area contributed by atoms with E-state index in [0.29, 0.717) is 6.42 Å². The number of fused-ring (bicyclic) bond motifs is 1. The normalized spacial score (nSPS) is 33.8. The summed E-state index contributed by atoms with van der Waals surface area (Å²) in [5.74, 6) is 0.912. The number of nitrogens with zero attached hydrogens (tertiary/aromatic N) is 1. The Bertz CT molecular complexity index is 403. The lowest BCUT2D eigenvalue weighted by atomic mass is 10.1. The number of carbonyl (C=O) groups excluding carboxylic acids is 2. The first kappa shape index (κ1) is 15.9. The van der Waals surface area contributed by atoms with Crippen LogP contribution in [0.3, 0.4) is 0 Å². The highest BCUT2D eigenvalue weighted by Crippen LogP contribution is 2.47. The average Bonchev–Trinajstić information content (AvgIpc) is 2.88. The van der Waals surface area contributed by atoms with E-state index in [9.17, 15) is 9.59 Å². The predicted octanol–water partition coefficient (Wildman–Crippen LogP) is 0.730. The van der Waals surface area contributed by atoms with E-state index in [1.165, 1.54) is 0 Å². The summed E-state index contributed by atoms with van der Waals surface area (Å²) in [6, 6.07) is 0.00296. The van der Waals surface area contributed by atoms with Crippen LogP contribution in [0.5, 0.6) is 0 Å². The van der Waals surface area contributed by atoms with Crippen molar-refractivity contribution in [3.63, 3.8) is 0 Å². The Hall–Kier alpha value is -0.460. The molecule has 3 fully saturated rings. The highest BCUT2D eigenvalue weighted by atomic mass is 35.5. The molecule has 3 saturated heterocycles. The van der Waals surface area contributed by atoms with Crippen molar-refractivity contribution in [2.24, 2.45) is 0 Å². The number of hydrogen-bond donors (Lipinski definition) is 2. The number of carbonyl (C=O) groups is 2. The number of amides is 2. The van der Waals surface area contributed by atoms with Crippen LogP contribution < -0.4 is 10.6 Å². The van der Waals surface area contributed by atoms with Crippen LogP contribution in [0.1, 0.15) is 32.6 Å². The summed E-state index contributed by atoms with van der Waals surface area (Å²) in [5, 5.41) is 6.41. The molecule has 114 valence electrons. The lowest BCUT2D eigenvalue weighted by Crippen LogP contribution is -2.53. The Morgan fingerprint density at radius 3 is 2.85 bits per heavy atom. The molecule has 0 aromatic rings. The molecule has 5 nitrogen and oxygen atoms in total. The molecule has 2 N–H and O–H groups in total. The van der Waals surface area contributed by atoms with Crippen molar-refractivity contribution in [1.29, 1.82) is 0 Å². The van der Waals surface area contributed by atoms with E-state index in [2.05, 4.69) is 17.6 Å². The smallest absolute Gasteiger partial charge is 0.243 e. The van der Waals surface area contributed by atoms with Gasteiger partial charge in [0, 0.05) is 18.2 Å². The number of rotatable bonds is 2. The summed E-state index contributed by atoms with van der Waals surface area (Å²) in [4.78, 5) is 26.1. The van der Waals surface area contributed by atoms with Gasteiger partial charge < -0.3 is 15.5 Å². The van der Waals surface area contributed by atoms with Gasteiger partial charge in [-0.3, -0.25) is 9.59 Å². The summed E-state index contributed by atoms with van der Waals surface area (Å²) in [5.41, 5.74) is 0. The molecule has 3 rings (SSSR count). The average molecular weight is 320 g/mol. The van der Waals surface area contributed by atoms with E-state index in [1.54, 1.807) is 11.8 Å². The largest absolute Gasteiger partial charge is 0.351 e. The van der Waals surface area contributed by atoms with Gasteiger partial charge >= 0.3 is 0 Å². The van der Waals surface area contributed by atoms with E-state index in [1.807, 2.05) is 4.90 Å². The monoisotopic (exact) mass is 319 g/mol. The molecule has 0 radical (unpaired) electrons. The summed E-state index contributed by atoms with van der Waals surface area (Å²) in [7, 11) is 0. The zero-order valence-corrected chi connectivity index (χ0v) is 13.3. The second-order valence-electron chi connectivity index (χ2n) is 5.80. The van der Waals surface area contributed by atoms with E-state index in [0.717, 1.165) is 38.1 Å². The van der Waals surface area contributed by atoms with E-state index < -0.39 is 0 Å². The summed E-state index contributed by atoms with van der Waals surface area (Å²) in [6.07, 6.45) is 3.42. The van der Waals surface area contributed by atoms with Crippen LogP contribution in [0.15, 0.2) is 0 Å². The highest BCUT2D eigenvalue weighted by molar-refractivity contribution is 8.01. The van der Waals surface area contributed by atoms with Gasteiger partial charge in [0.2, 0.25) is 11.8 Å². The fourth-order valence-corrected chi connectivity index (χ4v) is 4.71. The zero-order valence-electron chi connectivity index (χ0n) is 11.7. The topological polar surface area (TPSA) is 61.4 Å². The van der Waals surface area contributed by atoms with Gasteiger partial charge in [-0.2, -0.15) is 0 Å². The molecule has 3 aliphatic rings. The van der Waals surface area contributed by atoms with Gasteiger partial charge in [0.1, 0.15) is 6.04 Å². The van der Waals surface area contributed by atoms with Crippen LogP contribution in [-0.4, -0.2) is 52.5 Å². The molecule has 0 bridgehead atoms. The lowest BCUT2D eigenvalue weighted by Gasteiger charge is -2.31. The second-order valence-corrected chi connectivity index (χ2v) is 7.30. The molecule has 7 heteroatoms. The second kappa shape index (κ2) is 6.12. The Labute approximate surface area is 130 Å². The minimum absolute atomic E-state index is 0. The van der Waals surface area contributed by atoms with Crippen LogP contribution in [0.4, 0.5) is 0 Å². The Morgan fingerprint density at radius 1 is 1.45 bits per heavy atom. The maximum Gasteiger partial charge on any atom is 0.243 e. The third-order valence-corrected chi connectivity index (χ3v) is 5.94. The Balaban J connectivity index is 0.00000147. The van der Waals surface area contributed by atoms with Gasteiger partial charge in [0.25, 0.3) is 0 Å². The predicted molar refractivity (Wildman–Crippen MR) is 82.0 cm³/mol. The Kier molecular flexibility index (Phi) is 4.87. The minimum atomic E-state index is -0.264. The van der Waals surface area contributed by atoms with Crippen molar-refractivity contribution in [3.05, 3.63) is 0 Å². The number of halogens is 1. The first-order valence-electron chi connectivity index (χ1n) is 7.07. The lowest BCUT2D eigenvalue weighted by molar-refractivity contribution is -0.138. The van der Waals surface area contributed by atoms with Gasteiger partial charge in [-0.25, -0.2) is 0 Å². The summed E-state index contributed by atoms with van der Waals surface area (Å²) >= 11 is 1.75. The molecule has 2 unspecified atom stereocenters. The number of piperidine rings is 1. The molecule has 20 heavy (non-hydrogen) atoms. The maximum atomic E-state index is 12.4. The minimum Gasteiger partial charge on any atom is -0.351 e. The van der Waals surface area contributed by atoms with E-state index in [-0.39, 0.29) is 41.2 Å². The van der Waals surface area contributed by atoms with E-state index >= 15 is 0 Å². The molecule has 2 atom stereocenters. The molecule has 0 spiro atoms. The van der Waals surface area contributed by atoms with Gasteiger partial charge in [0.05, 0.1) is 4.87 Å². The first-order valence-corrected chi connectivity index (χ1v) is 8.06. The fourth-order valence-electron chi connectivity index (χ4n) is 3.28. The highest BCUT2D eigenvalue weighted by Gasteiger charge is 2.52. The van der Waals surface area contributed by atoms with Crippen LogP contribution in [-0.2, 0) is 9.59 Å². The third kappa shape index (κ3) is 2.78. The van der Waals surface area contributed by atoms with Crippen molar-refractivity contribution in [2.45, 2.75) is 49.6 Å². The van der Waals surface area contributed by atoms with Crippen molar-refractivity contribution in [1.82, 2.24) is 15.5 Å². The van der Waals surface area contributed by atoms with Crippen LogP contribution in [0.2, 0.25) is 0 Å². The molecule has 0 saturated carbocycles. The van der Waals surface area contributed by atoms with Crippen LogP contribution in [0, 0.1) is 0 Å². The Morgan fingerprint density at radius 2 is 2.15 bits per heavy atom. The van der Waals surface area contributed by atoms with Crippen molar-refractivity contribution >= 4 is 36.0 Å². The van der Waals surface area contributed by atoms with Crippen molar-refractivity contribution in [2.75, 3.05) is 18.8 Å². The SMILES string of the molecule is CC12CCC(=O)N1C(C(=O)NC1CCNCC1)CS2.Cl. The fraction of sp³-hybridized carbons (Fsp3) is 0.846. The molecular weight excluding hydrogens is 298 g/mol. The standard InChI is InChI=1S/C13H21N3O2S.ClH/c1-13-5-2-11(17)16(13)10(8-19-13)12(18)15-9-3-6-14-7-4-9;/h9-10,14H,2-8H2,1H3,(H,15,18);1H. The van der Waals surface area contributed by atoms with Gasteiger partial charge in [-0.15, -0.1) is 24.2 Å². The van der Waals surface area contributed by atoms with Gasteiger partial charge in [-0.05, 0) is 39.3 Å². The quantitative estimate of drug-likeness (QED) is 0.788. The zero-order chi connectivity index (χ0) is 13.5. The summed E-state index contributed by atoms with van der Waals surface area (Å²) in [6.45, 7) is 4.01. The van der Waals surface area contributed by atoms with Crippen LogP contribution >= 0.6 is 24.2 Å². The van der Waals surface area contributed by atoms with E-state index in [4.69, 9.17) is 0 Å². The van der Waals surface area contributed by atoms with Gasteiger partial charge in [0.15, 0.2) is 0 Å². The van der Waals surface area contributed by atoms with Gasteiger partial charge in [-0.1, -0.05) is 0 Å². The number of hydrogen-bond acceptors (Lipinski definition) is 4. The van der Waals surface area contributed by atoms with Crippen LogP contribution in [0.25, 0.3) is 0 Å². The maximum absolute atomic E-state index is 12.4. The molecule has 3 heterocycles. The number of thioether (sulfide) groups is 1.